The summed E-state index contributed by atoms with van der Waals surface area (Å²) in [6.45, 7) is 2.26. The summed E-state index contributed by atoms with van der Waals surface area (Å²) in [5, 5.41) is 2.38. The minimum atomic E-state index is -0.653. The molecular weight excluding hydrogens is 200 g/mol. The number of methoxy groups -OCH3 is 1. The summed E-state index contributed by atoms with van der Waals surface area (Å²) in [6, 6.07) is -0.653. The van der Waals surface area contributed by atoms with Crippen LogP contribution in [-0.2, 0) is 19.1 Å². The predicted molar refractivity (Wildman–Crippen MR) is 54.1 cm³/mol. The Morgan fingerprint density at radius 2 is 2.13 bits per heavy atom. The standard InChI is InChI=1S/C9H18N2O4/c1-3-15-8(12)6-11-9(13)7(10)4-5-14-2/h7H,3-6,10H2,1-2H3,(H,11,13). The molecule has 0 saturated heterocycles. The van der Waals surface area contributed by atoms with E-state index in [0.717, 1.165) is 0 Å². The summed E-state index contributed by atoms with van der Waals surface area (Å²) in [4.78, 5) is 22.1. The van der Waals surface area contributed by atoms with Gasteiger partial charge in [0, 0.05) is 13.7 Å². The van der Waals surface area contributed by atoms with Crippen molar-refractivity contribution in [2.45, 2.75) is 19.4 Å². The fourth-order valence-electron chi connectivity index (χ4n) is 0.878. The lowest BCUT2D eigenvalue weighted by Gasteiger charge is -2.10. The Balaban J connectivity index is 3.68. The topological polar surface area (TPSA) is 90.7 Å². The summed E-state index contributed by atoms with van der Waals surface area (Å²) in [7, 11) is 1.53. The first kappa shape index (κ1) is 13.9. The van der Waals surface area contributed by atoms with E-state index >= 15 is 0 Å². The molecule has 1 amide bonds. The van der Waals surface area contributed by atoms with Crippen molar-refractivity contribution in [2.75, 3.05) is 26.9 Å². The molecule has 6 nitrogen and oxygen atoms in total. The lowest BCUT2D eigenvalue weighted by Crippen LogP contribution is -2.43. The summed E-state index contributed by atoms with van der Waals surface area (Å²) < 4.78 is 9.41. The number of esters is 1. The third-order valence-corrected chi connectivity index (χ3v) is 1.68. The Morgan fingerprint density at radius 3 is 2.67 bits per heavy atom. The monoisotopic (exact) mass is 218 g/mol. The first-order valence-corrected chi connectivity index (χ1v) is 4.79. The fourth-order valence-corrected chi connectivity index (χ4v) is 0.878. The van der Waals surface area contributed by atoms with Crippen LogP contribution in [0.3, 0.4) is 0 Å². The van der Waals surface area contributed by atoms with Crippen molar-refractivity contribution in [3.8, 4) is 0 Å². The molecule has 3 N–H and O–H groups in total. The first-order chi connectivity index (χ1) is 7.11. The van der Waals surface area contributed by atoms with Crippen molar-refractivity contribution >= 4 is 11.9 Å². The molecule has 88 valence electrons. The van der Waals surface area contributed by atoms with Crippen LogP contribution in [0.15, 0.2) is 0 Å². The van der Waals surface area contributed by atoms with Gasteiger partial charge >= 0.3 is 5.97 Å². The molecule has 0 aliphatic carbocycles. The van der Waals surface area contributed by atoms with Crippen LogP contribution in [0.4, 0.5) is 0 Å². The largest absolute Gasteiger partial charge is 0.465 e. The quantitative estimate of drug-likeness (QED) is 0.536. The van der Waals surface area contributed by atoms with Gasteiger partial charge in [-0.2, -0.15) is 0 Å². The third kappa shape index (κ3) is 6.87. The molecule has 0 heterocycles. The molecule has 0 aromatic carbocycles. The van der Waals surface area contributed by atoms with E-state index in [1.165, 1.54) is 7.11 Å². The zero-order valence-electron chi connectivity index (χ0n) is 9.12. The molecule has 0 fully saturated rings. The molecule has 1 atom stereocenters. The lowest BCUT2D eigenvalue weighted by molar-refractivity contribution is -0.143. The number of nitrogens with two attached hydrogens (primary N) is 1. The summed E-state index contributed by atoms with van der Waals surface area (Å²) in [6.07, 6.45) is 0.422. The zero-order valence-corrected chi connectivity index (χ0v) is 9.12. The van der Waals surface area contributed by atoms with E-state index in [1.54, 1.807) is 6.92 Å². The van der Waals surface area contributed by atoms with Gasteiger partial charge in [0.15, 0.2) is 0 Å². The van der Waals surface area contributed by atoms with Gasteiger partial charge in [-0.15, -0.1) is 0 Å². The Bertz CT molecular complexity index is 208. The van der Waals surface area contributed by atoms with E-state index in [2.05, 4.69) is 10.1 Å². The van der Waals surface area contributed by atoms with E-state index in [1.807, 2.05) is 0 Å². The maximum Gasteiger partial charge on any atom is 0.325 e. The maximum absolute atomic E-state index is 11.3. The maximum atomic E-state index is 11.3. The van der Waals surface area contributed by atoms with Gasteiger partial charge in [-0.3, -0.25) is 9.59 Å². The van der Waals surface area contributed by atoms with Crippen LogP contribution in [0, 0.1) is 0 Å². The minimum absolute atomic E-state index is 0.145. The third-order valence-electron chi connectivity index (χ3n) is 1.68. The highest BCUT2D eigenvalue weighted by Crippen LogP contribution is 1.88. The van der Waals surface area contributed by atoms with Gasteiger partial charge in [-0.05, 0) is 13.3 Å². The second-order valence-electron chi connectivity index (χ2n) is 2.91. The normalized spacial score (nSPS) is 11.9. The number of carbonyl (C=O) groups excluding carboxylic acids is 2. The van der Waals surface area contributed by atoms with E-state index in [4.69, 9.17) is 10.5 Å². The number of nitrogens with one attached hydrogen (secondary N) is 1. The molecule has 0 aromatic rings. The lowest BCUT2D eigenvalue weighted by atomic mass is 10.2. The molecular formula is C9H18N2O4. The molecule has 15 heavy (non-hydrogen) atoms. The molecule has 6 heteroatoms. The molecule has 0 spiro atoms. The van der Waals surface area contributed by atoms with Crippen LogP contribution >= 0.6 is 0 Å². The number of hydrogen-bond donors (Lipinski definition) is 2. The molecule has 0 bridgehead atoms. The molecule has 0 rings (SSSR count). The summed E-state index contributed by atoms with van der Waals surface area (Å²) in [5.74, 6) is -0.843. The van der Waals surface area contributed by atoms with Crippen molar-refractivity contribution in [1.29, 1.82) is 0 Å². The molecule has 0 aromatic heterocycles. The predicted octanol–water partition coefficient (Wildman–Crippen LogP) is -0.970. The Hall–Kier alpha value is -1.14. The molecule has 1 unspecified atom stereocenters. The molecule has 0 saturated carbocycles. The second kappa shape index (κ2) is 8.19. The van der Waals surface area contributed by atoms with Crippen LogP contribution in [-0.4, -0.2) is 44.8 Å². The van der Waals surface area contributed by atoms with Crippen molar-refractivity contribution in [1.82, 2.24) is 5.32 Å². The molecule has 0 aliphatic heterocycles. The van der Waals surface area contributed by atoms with E-state index in [-0.39, 0.29) is 12.5 Å². The number of ether oxygens (including phenoxy) is 2. The number of rotatable bonds is 7. The summed E-state index contributed by atoms with van der Waals surface area (Å²) in [5.41, 5.74) is 5.52. The van der Waals surface area contributed by atoms with Crippen LogP contribution in [0.5, 0.6) is 0 Å². The first-order valence-electron chi connectivity index (χ1n) is 4.79. The second-order valence-corrected chi connectivity index (χ2v) is 2.91. The van der Waals surface area contributed by atoms with Gasteiger partial charge in [0.1, 0.15) is 6.54 Å². The summed E-state index contributed by atoms with van der Waals surface area (Å²) >= 11 is 0. The van der Waals surface area contributed by atoms with Gasteiger partial charge in [-0.25, -0.2) is 0 Å². The van der Waals surface area contributed by atoms with E-state index in [9.17, 15) is 9.59 Å². The smallest absolute Gasteiger partial charge is 0.325 e. The highest BCUT2D eigenvalue weighted by molar-refractivity contribution is 5.85. The van der Waals surface area contributed by atoms with E-state index < -0.39 is 12.0 Å². The van der Waals surface area contributed by atoms with Crippen molar-refractivity contribution in [3.05, 3.63) is 0 Å². The van der Waals surface area contributed by atoms with Crippen LogP contribution < -0.4 is 11.1 Å². The van der Waals surface area contributed by atoms with Crippen molar-refractivity contribution in [2.24, 2.45) is 5.73 Å². The van der Waals surface area contributed by atoms with Crippen LogP contribution in [0.2, 0.25) is 0 Å². The van der Waals surface area contributed by atoms with Crippen molar-refractivity contribution in [3.63, 3.8) is 0 Å². The van der Waals surface area contributed by atoms with Gasteiger partial charge < -0.3 is 20.5 Å². The van der Waals surface area contributed by atoms with Crippen molar-refractivity contribution < 1.29 is 19.1 Å². The Kier molecular flexibility index (Phi) is 7.57. The van der Waals surface area contributed by atoms with Gasteiger partial charge in [0.25, 0.3) is 0 Å². The number of carbonyl (C=O) groups is 2. The van der Waals surface area contributed by atoms with Gasteiger partial charge in [0.05, 0.1) is 12.6 Å². The van der Waals surface area contributed by atoms with Crippen LogP contribution in [0.1, 0.15) is 13.3 Å². The fraction of sp³-hybridized carbons (Fsp3) is 0.778. The molecule has 0 radical (unpaired) electrons. The average Bonchev–Trinajstić information content (AvgIpc) is 2.22. The molecule has 0 aliphatic rings. The number of amides is 1. The zero-order chi connectivity index (χ0) is 11.7. The Morgan fingerprint density at radius 1 is 1.47 bits per heavy atom. The van der Waals surface area contributed by atoms with E-state index in [0.29, 0.717) is 19.6 Å². The minimum Gasteiger partial charge on any atom is -0.465 e. The Labute approximate surface area is 89.1 Å². The average molecular weight is 218 g/mol. The SMILES string of the molecule is CCOC(=O)CNC(=O)C(N)CCOC. The van der Waals surface area contributed by atoms with Gasteiger partial charge in [-0.1, -0.05) is 0 Å². The van der Waals surface area contributed by atoms with Gasteiger partial charge in [0.2, 0.25) is 5.91 Å². The highest BCUT2D eigenvalue weighted by atomic mass is 16.5. The highest BCUT2D eigenvalue weighted by Gasteiger charge is 2.13. The van der Waals surface area contributed by atoms with Crippen LogP contribution in [0.25, 0.3) is 0 Å². The number of hydrogen-bond acceptors (Lipinski definition) is 5.